The highest BCUT2D eigenvalue weighted by molar-refractivity contribution is 5.83. The van der Waals surface area contributed by atoms with E-state index in [1.54, 1.807) is 0 Å². The van der Waals surface area contributed by atoms with Gasteiger partial charge in [-0.25, -0.2) is 9.97 Å². The highest BCUT2D eigenvalue weighted by atomic mass is 16.2. The first-order valence-electron chi connectivity index (χ1n) is 11.6. The molecule has 1 amide bonds. The van der Waals surface area contributed by atoms with Crippen molar-refractivity contribution in [3.8, 4) is 0 Å². The number of rotatable bonds is 5. The molecule has 2 saturated carbocycles. The maximum atomic E-state index is 13.2. The van der Waals surface area contributed by atoms with Crippen LogP contribution in [0.1, 0.15) is 52.4 Å². The number of hydrogen-bond acceptors (Lipinski definition) is 5. The smallest absolute Gasteiger partial charge is 0.226 e. The lowest BCUT2D eigenvalue weighted by atomic mass is 9.56. The van der Waals surface area contributed by atoms with Gasteiger partial charge < -0.3 is 10.2 Å². The van der Waals surface area contributed by atoms with E-state index in [1.807, 2.05) is 18.5 Å². The third kappa shape index (κ3) is 4.90. The van der Waals surface area contributed by atoms with Crippen LogP contribution in [0.25, 0.3) is 0 Å². The molecule has 4 rings (SSSR count). The molecule has 160 valence electrons. The molecule has 1 aromatic heterocycles. The minimum atomic E-state index is -0.0970. The Morgan fingerprint density at radius 3 is 2.52 bits per heavy atom. The van der Waals surface area contributed by atoms with Gasteiger partial charge in [0, 0.05) is 50.5 Å². The number of amides is 1. The molecule has 1 saturated heterocycles. The van der Waals surface area contributed by atoms with Crippen molar-refractivity contribution < 1.29 is 4.79 Å². The van der Waals surface area contributed by atoms with Crippen molar-refractivity contribution in [2.24, 2.45) is 23.2 Å². The van der Waals surface area contributed by atoms with Crippen LogP contribution in [0.4, 0.5) is 5.95 Å². The first-order chi connectivity index (χ1) is 14.0. The summed E-state index contributed by atoms with van der Waals surface area (Å²) in [6.45, 7) is 10.4. The number of nitrogens with zero attached hydrogens (tertiary/aromatic N) is 4. The number of carbonyl (C=O) groups is 1. The molecule has 2 atom stereocenters. The Kier molecular flexibility index (Phi) is 6.38. The summed E-state index contributed by atoms with van der Waals surface area (Å²) in [4.78, 5) is 26.7. The number of fused-ring (bicyclic) bond motifs is 2. The standard InChI is InChI=1S/C23H37N5O/c1-18-13-20-14-19(2)16-23(15-18,17-20)21(29)24-7-10-27-8-4-9-28(12-11-27)22-25-5-3-6-26-22/h3,5-6,18-20H,4,7-17H2,1-2H3,(H,24,29). The van der Waals surface area contributed by atoms with E-state index in [4.69, 9.17) is 0 Å². The third-order valence-electron chi connectivity index (χ3n) is 7.25. The number of anilines is 1. The summed E-state index contributed by atoms with van der Waals surface area (Å²) in [6.07, 6.45) is 10.6. The number of carbonyl (C=O) groups excluding carboxylic acids is 1. The van der Waals surface area contributed by atoms with Crippen LogP contribution in [0.2, 0.25) is 0 Å². The normalized spacial score (nSPS) is 33.2. The molecule has 1 aliphatic heterocycles. The third-order valence-corrected chi connectivity index (χ3v) is 7.25. The maximum Gasteiger partial charge on any atom is 0.226 e. The van der Waals surface area contributed by atoms with E-state index in [0.717, 1.165) is 76.8 Å². The van der Waals surface area contributed by atoms with Crippen LogP contribution in [0.3, 0.4) is 0 Å². The first kappa shape index (κ1) is 20.6. The van der Waals surface area contributed by atoms with Crippen molar-refractivity contribution in [3.05, 3.63) is 18.5 Å². The number of hydrogen-bond donors (Lipinski definition) is 1. The summed E-state index contributed by atoms with van der Waals surface area (Å²) < 4.78 is 0. The van der Waals surface area contributed by atoms with Crippen LogP contribution in [0.5, 0.6) is 0 Å². The number of nitrogens with one attached hydrogen (secondary N) is 1. The van der Waals surface area contributed by atoms with Gasteiger partial charge in [0.2, 0.25) is 11.9 Å². The molecule has 1 N–H and O–H groups in total. The average Bonchev–Trinajstić information content (AvgIpc) is 2.93. The van der Waals surface area contributed by atoms with Gasteiger partial charge in [-0.05, 0) is 68.9 Å². The van der Waals surface area contributed by atoms with Crippen molar-refractivity contribution in [2.75, 3.05) is 44.2 Å². The van der Waals surface area contributed by atoms with Crippen LogP contribution in [0, 0.1) is 23.2 Å². The van der Waals surface area contributed by atoms with E-state index < -0.39 is 0 Å². The maximum absolute atomic E-state index is 13.2. The molecule has 0 radical (unpaired) electrons. The zero-order chi connectivity index (χ0) is 20.3. The molecule has 0 spiro atoms. The molecule has 2 bridgehead atoms. The lowest BCUT2D eigenvalue weighted by molar-refractivity contribution is -0.139. The Balaban J connectivity index is 1.26. The summed E-state index contributed by atoms with van der Waals surface area (Å²) >= 11 is 0. The summed E-state index contributed by atoms with van der Waals surface area (Å²) in [5.41, 5.74) is -0.0970. The molecule has 1 aromatic rings. The van der Waals surface area contributed by atoms with Gasteiger partial charge in [0.05, 0.1) is 0 Å². The number of aromatic nitrogens is 2. The van der Waals surface area contributed by atoms with Crippen molar-refractivity contribution in [1.82, 2.24) is 20.2 Å². The first-order valence-corrected chi connectivity index (χ1v) is 11.6. The van der Waals surface area contributed by atoms with Crippen LogP contribution in [-0.4, -0.2) is 60.0 Å². The highest BCUT2D eigenvalue weighted by Crippen LogP contribution is 2.52. The Labute approximate surface area is 175 Å². The van der Waals surface area contributed by atoms with Gasteiger partial charge in [0.25, 0.3) is 0 Å². The quantitative estimate of drug-likeness (QED) is 0.825. The topological polar surface area (TPSA) is 61.4 Å². The summed E-state index contributed by atoms with van der Waals surface area (Å²) in [6, 6.07) is 1.86. The molecule has 2 heterocycles. The summed E-state index contributed by atoms with van der Waals surface area (Å²) in [7, 11) is 0. The average molecular weight is 400 g/mol. The van der Waals surface area contributed by atoms with Gasteiger partial charge in [0.15, 0.2) is 0 Å². The molecule has 0 aromatic carbocycles. The molecule has 2 unspecified atom stereocenters. The van der Waals surface area contributed by atoms with Gasteiger partial charge >= 0.3 is 0 Å². The summed E-state index contributed by atoms with van der Waals surface area (Å²) in [5.74, 6) is 3.28. The predicted molar refractivity (Wildman–Crippen MR) is 116 cm³/mol. The van der Waals surface area contributed by atoms with Crippen molar-refractivity contribution >= 4 is 11.9 Å². The van der Waals surface area contributed by atoms with Gasteiger partial charge in [-0.15, -0.1) is 0 Å². The van der Waals surface area contributed by atoms with Gasteiger partial charge in [0.1, 0.15) is 0 Å². The second kappa shape index (κ2) is 8.99. The second-order valence-corrected chi connectivity index (χ2v) is 9.93. The lowest BCUT2D eigenvalue weighted by Gasteiger charge is -2.48. The molecule has 2 aliphatic carbocycles. The zero-order valence-corrected chi connectivity index (χ0v) is 18.1. The molecule has 3 aliphatic rings. The van der Waals surface area contributed by atoms with E-state index in [-0.39, 0.29) is 5.41 Å². The monoisotopic (exact) mass is 399 g/mol. The van der Waals surface area contributed by atoms with Crippen LogP contribution >= 0.6 is 0 Å². The Morgan fingerprint density at radius 2 is 1.79 bits per heavy atom. The molecule has 6 nitrogen and oxygen atoms in total. The van der Waals surface area contributed by atoms with Gasteiger partial charge in [-0.1, -0.05) is 13.8 Å². The fourth-order valence-corrected chi connectivity index (χ4v) is 6.35. The van der Waals surface area contributed by atoms with E-state index in [9.17, 15) is 4.79 Å². The largest absolute Gasteiger partial charge is 0.354 e. The minimum absolute atomic E-state index is 0.0970. The molecular formula is C23H37N5O. The van der Waals surface area contributed by atoms with Gasteiger partial charge in [-0.3, -0.25) is 9.69 Å². The van der Waals surface area contributed by atoms with Crippen LogP contribution in [0.15, 0.2) is 18.5 Å². The Morgan fingerprint density at radius 1 is 1.07 bits per heavy atom. The predicted octanol–water partition coefficient (Wildman–Crippen LogP) is 2.96. The van der Waals surface area contributed by atoms with E-state index in [1.165, 1.54) is 12.8 Å². The van der Waals surface area contributed by atoms with Gasteiger partial charge in [-0.2, -0.15) is 0 Å². The second-order valence-electron chi connectivity index (χ2n) is 9.93. The zero-order valence-electron chi connectivity index (χ0n) is 18.1. The Hall–Kier alpha value is -1.69. The molecule has 6 heteroatoms. The molecule has 29 heavy (non-hydrogen) atoms. The van der Waals surface area contributed by atoms with Crippen molar-refractivity contribution in [3.63, 3.8) is 0 Å². The van der Waals surface area contributed by atoms with Crippen LogP contribution < -0.4 is 10.2 Å². The Bertz CT molecular complexity index is 662. The lowest BCUT2D eigenvalue weighted by Crippen LogP contribution is -2.50. The fraction of sp³-hybridized carbons (Fsp3) is 0.783. The van der Waals surface area contributed by atoms with Crippen molar-refractivity contribution in [1.29, 1.82) is 0 Å². The van der Waals surface area contributed by atoms with E-state index in [2.05, 4.69) is 38.9 Å². The molecular weight excluding hydrogens is 362 g/mol. The van der Waals surface area contributed by atoms with E-state index in [0.29, 0.717) is 17.7 Å². The van der Waals surface area contributed by atoms with E-state index >= 15 is 0 Å². The molecule has 3 fully saturated rings. The fourth-order valence-electron chi connectivity index (χ4n) is 6.35. The van der Waals surface area contributed by atoms with Crippen LogP contribution in [-0.2, 0) is 4.79 Å². The minimum Gasteiger partial charge on any atom is -0.354 e. The SMILES string of the molecule is CC1CC2CC(C)CC(C(=O)NCCN3CCCN(c4ncccn4)CC3)(C1)C2. The summed E-state index contributed by atoms with van der Waals surface area (Å²) in [5, 5.41) is 3.33. The highest BCUT2D eigenvalue weighted by Gasteiger charge is 2.48. The van der Waals surface area contributed by atoms with Crippen molar-refractivity contribution in [2.45, 2.75) is 52.4 Å².